The number of aromatic amines is 1. The van der Waals surface area contributed by atoms with Crippen LogP contribution >= 0.6 is 11.6 Å². The lowest BCUT2D eigenvalue weighted by Gasteiger charge is -2.06. The summed E-state index contributed by atoms with van der Waals surface area (Å²) >= 11 is 5.83. The number of halogens is 1. The van der Waals surface area contributed by atoms with Crippen molar-refractivity contribution in [3.05, 3.63) is 40.5 Å². The third kappa shape index (κ3) is 2.92. The van der Waals surface area contributed by atoms with E-state index < -0.39 is 10.0 Å². The van der Waals surface area contributed by atoms with E-state index in [2.05, 4.69) is 14.9 Å². The summed E-state index contributed by atoms with van der Waals surface area (Å²) in [7, 11) is -3.78. The van der Waals surface area contributed by atoms with Crippen LogP contribution in [0.4, 0.5) is 5.82 Å². The molecule has 0 amide bonds. The van der Waals surface area contributed by atoms with Crippen molar-refractivity contribution in [2.24, 2.45) is 0 Å². The fourth-order valence-electron chi connectivity index (χ4n) is 1.55. The van der Waals surface area contributed by atoms with E-state index in [-0.39, 0.29) is 21.3 Å². The van der Waals surface area contributed by atoms with Crippen LogP contribution in [0.25, 0.3) is 0 Å². The SMILES string of the molecule is CCc1cc(NS(=O)(=O)c2ccc(C#N)c(Cl)c2)n[nH]1. The fourth-order valence-corrected chi connectivity index (χ4v) is 2.85. The average molecular weight is 311 g/mol. The molecule has 0 aliphatic carbocycles. The topological polar surface area (TPSA) is 98.6 Å². The molecule has 0 saturated carbocycles. The lowest BCUT2D eigenvalue weighted by atomic mass is 10.2. The van der Waals surface area contributed by atoms with Crippen LogP contribution in [0.3, 0.4) is 0 Å². The van der Waals surface area contributed by atoms with Gasteiger partial charge < -0.3 is 0 Å². The highest BCUT2D eigenvalue weighted by Gasteiger charge is 2.17. The summed E-state index contributed by atoms with van der Waals surface area (Å²) in [4.78, 5) is -0.0254. The largest absolute Gasteiger partial charge is 0.280 e. The Morgan fingerprint density at radius 2 is 2.20 bits per heavy atom. The van der Waals surface area contributed by atoms with Gasteiger partial charge in [0, 0.05) is 11.8 Å². The van der Waals surface area contributed by atoms with Crippen LogP contribution in [0, 0.1) is 11.3 Å². The number of nitrogens with one attached hydrogen (secondary N) is 2. The molecule has 1 aromatic carbocycles. The first-order valence-corrected chi connectivity index (χ1v) is 7.59. The molecule has 0 saturated heterocycles. The van der Waals surface area contributed by atoms with Gasteiger partial charge in [0.25, 0.3) is 10.0 Å². The number of anilines is 1. The molecule has 2 N–H and O–H groups in total. The number of hydrogen-bond donors (Lipinski definition) is 2. The van der Waals surface area contributed by atoms with E-state index in [1.54, 1.807) is 6.07 Å². The van der Waals surface area contributed by atoms with Gasteiger partial charge in [-0.15, -0.1) is 0 Å². The van der Waals surface area contributed by atoms with Crippen molar-refractivity contribution in [1.29, 1.82) is 5.26 Å². The Labute approximate surface area is 121 Å². The van der Waals surface area contributed by atoms with Crippen LogP contribution < -0.4 is 4.72 Å². The highest BCUT2D eigenvalue weighted by atomic mass is 35.5. The van der Waals surface area contributed by atoms with Crippen LogP contribution in [0.5, 0.6) is 0 Å². The van der Waals surface area contributed by atoms with Gasteiger partial charge in [0.2, 0.25) is 0 Å². The molecule has 1 aromatic heterocycles. The van der Waals surface area contributed by atoms with Crippen molar-refractivity contribution in [2.75, 3.05) is 4.72 Å². The van der Waals surface area contributed by atoms with E-state index in [1.165, 1.54) is 18.2 Å². The van der Waals surface area contributed by atoms with E-state index in [1.807, 2.05) is 13.0 Å². The second-order valence-corrected chi connectivity index (χ2v) is 6.08. The minimum atomic E-state index is -3.78. The molecule has 1 heterocycles. The number of nitrogens with zero attached hydrogens (tertiary/aromatic N) is 2. The predicted octanol–water partition coefficient (Wildman–Crippen LogP) is 2.30. The number of aryl methyl sites for hydroxylation is 1. The molecule has 8 heteroatoms. The Morgan fingerprint density at radius 1 is 1.45 bits per heavy atom. The maximum atomic E-state index is 12.1. The van der Waals surface area contributed by atoms with E-state index in [0.29, 0.717) is 0 Å². The number of nitriles is 1. The summed E-state index contributed by atoms with van der Waals surface area (Å²) in [6.45, 7) is 1.92. The number of H-pyrrole nitrogens is 1. The van der Waals surface area contributed by atoms with Gasteiger partial charge >= 0.3 is 0 Å². The number of aromatic nitrogens is 2. The molecule has 0 atom stereocenters. The summed E-state index contributed by atoms with van der Waals surface area (Å²) < 4.78 is 26.6. The first-order valence-electron chi connectivity index (χ1n) is 5.73. The normalized spacial score (nSPS) is 11.1. The molecular formula is C12H11ClN4O2S. The minimum absolute atomic E-state index is 0.0254. The first kappa shape index (κ1) is 14.4. The predicted molar refractivity (Wildman–Crippen MR) is 74.9 cm³/mol. The molecule has 0 fully saturated rings. The molecule has 0 spiro atoms. The Morgan fingerprint density at radius 3 is 2.75 bits per heavy atom. The minimum Gasteiger partial charge on any atom is -0.280 e. The van der Waals surface area contributed by atoms with Gasteiger partial charge in [-0.1, -0.05) is 18.5 Å². The Bertz CT molecular complexity index is 777. The summed E-state index contributed by atoms with van der Waals surface area (Å²) in [5.41, 5.74) is 1.04. The van der Waals surface area contributed by atoms with Crippen LogP contribution in [0.15, 0.2) is 29.2 Å². The molecular weight excluding hydrogens is 300 g/mol. The van der Waals surface area contributed by atoms with Crippen LogP contribution in [0.1, 0.15) is 18.2 Å². The standard InChI is InChI=1S/C12H11ClN4O2S/c1-2-9-5-12(16-15-9)17-20(18,19)10-4-3-8(7-14)11(13)6-10/h3-6H,2H2,1H3,(H2,15,16,17). The summed E-state index contributed by atoms with van der Waals surface area (Å²) in [5, 5.41) is 15.4. The first-order chi connectivity index (χ1) is 9.46. The maximum Gasteiger partial charge on any atom is 0.263 e. The third-order valence-corrected chi connectivity index (χ3v) is 4.29. The Hall–Kier alpha value is -2.04. The van der Waals surface area contributed by atoms with Crippen LogP contribution in [0.2, 0.25) is 5.02 Å². The van der Waals surface area contributed by atoms with Crippen LogP contribution in [-0.4, -0.2) is 18.6 Å². The molecule has 2 aromatic rings. The van der Waals surface area contributed by atoms with Crippen LogP contribution in [-0.2, 0) is 16.4 Å². The zero-order valence-electron chi connectivity index (χ0n) is 10.5. The molecule has 0 bridgehead atoms. The van der Waals surface area contributed by atoms with Gasteiger partial charge in [0.15, 0.2) is 5.82 Å². The summed E-state index contributed by atoms with van der Waals surface area (Å²) in [6, 6.07) is 7.40. The van der Waals surface area contributed by atoms with Gasteiger partial charge in [-0.3, -0.25) is 9.82 Å². The van der Waals surface area contributed by atoms with Crippen molar-refractivity contribution in [3.8, 4) is 6.07 Å². The third-order valence-electron chi connectivity index (χ3n) is 2.62. The van der Waals surface area contributed by atoms with Gasteiger partial charge in [0.05, 0.1) is 15.5 Å². The van der Waals surface area contributed by atoms with Crippen molar-refractivity contribution < 1.29 is 8.42 Å². The highest BCUT2D eigenvalue weighted by Crippen LogP contribution is 2.22. The van der Waals surface area contributed by atoms with E-state index in [9.17, 15) is 8.42 Å². The number of benzene rings is 1. The number of sulfonamides is 1. The van der Waals surface area contributed by atoms with Gasteiger partial charge in [0.1, 0.15) is 6.07 Å². The second-order valence-electron chi connectivity index (χ2n) is 3.99. The zero-order valence-corrected chi connectivity index (χ0v) is 12.1. The average Bonchev–Trinajstić information content (AvgIpc) is 2.85. The lowest BCUT2D eigenvalue weighted by Crippen LogP contribution is -2.13. The molecule has 0 aliphatic heterocycles. The molecule has 104 valence electrons. The molecule has 0 aliphatic rings. The van der Waals surface area contributed by atoms with Crippen molar-refractivity contribution in [3.63, 3.8) is 0 Å². The second kappa shape index (κ2) is 5.53. The smallest absolute Gasteiger partial charge is 0.263 e. The fraction of sp³-hybridized carbons (Fsp3) is 0.167. The van der Waals surface area contributed by atoms with Gasteiger partial charge in [-0.05, 0) is 24.6 Å². The van der Waals surface area contributed by atoms with Gasteiger partial charge in [-0.25, -0.2) is 8.42 Å². The van der Waals surface area contributed by atoms with E-state index in [4.69, 9.17) is 16.9 Å². The molecule has 2 rings (SSSR count). The van der Waals surface area contributed by atoms with Crippen molar-refractivity contribution in [2.45, 2.75) is 18.2 Å². The lowest BCUT2D eigenvalue weighted by molar-refractivity contribution is 0.601. The molecule has 0 radical (unpaired) electrons. The summed E-state index contributed by atoms with van der Waals surface area (Å²) in [6.07, 6.45) is 0.720. The monoisotopic (exact) mass is 310 g/mol. The highest BCUT2D eigenvalue weighted by molar-refractivity contribution is 7.92. The Balaban J connectivity index is 2.31. The van der Waals surface area contributed by atoms with E-state index in [0.717, 1.165) is 12.1 Å². The van der Waals surface area contributed by atoms with Gasteiger partial charge in [-0.2, -0.15) is 10.4 Å². The molecule has 20 heavy (non-hydrogen) atoms. The Kier molecular flexibility index (Phi) is 3.97. The summed E-state index contributed by atoms with van der Waals surface area (Å²) in [5.74, 6) is 0.210. The number of hydrogen-bond acceptors (Lipinski definition) is 4. The maximum absolute atomic E-state index is 12.1. The molecule has 0 unspecified atom stereocenters. The number of rotatable bonds is 4. The van der Waals surface area contributed by atoms with E-state index >= 15 is 0 Å². The molecule has 6 nitrogen and oxygen atoms in total. The van der Waals surface area contributed by atoms with Crippen molar-refractivity contribution >= 4 is 27.4 Å². The quantitative estimate of drug-likeness (QED) is 0.905. The van der Waals surface area contributed by atoms with Crippen molar-refractivity contribution in [1.82, 2.24) is 10.2 Å². The zero-order chi connectivity index (χ0) is 14.8.